The molecule has 1 amide bonds. The number of hydrogen-bond donors (Lipinski definition) is 0. The number of carbonyl (C=O) groups excluding carboxylic acids is 1. The number of benzene rings is 2. The second-order valence-corrected chi connectivity index (χ2v) is 9.72. The van der Waals surface area contributed by atoms with Crippen molar-refractivity contribution < 1.29 is 4.79 Å². The van der Waals surface area contributed by atoms with Crippen LogP contribution in [-0.4, -0.2) is 63.4 Å². The van der Waals surface area contributed by atoms with Gasteiger partial charge in [0.2, 0.25) is 5.91 Å². The zero-order valence-electron chi connectivity index (χ0n) is 20.2. The highest BCUT2D eigenvalue weighted by molar-refractivity contribution is 7.99. The van der Waals surface area contributed by atoms with Crippen LogP contribution in [0.5, 0.6) is 0 Å². The smallest absolute Gasteiger partial charge is 0.233 e. The molecule has 0 radical (unpaired) electrons. The predicted octanol–water partition coefficient (Wildman–Crippen LogP) is 4.75. The number of thioether (sulfide) groups is 1. The molecule has 0 saturated heterocycles. The molecular weight excluding hydrogens is 442 g/mol. The molecule has 178 valence electrons. The van der Waals surface area contributed by atoms with Crippen LogP contribution in [0, 0.1) is 0 Å². The molecule has 2 aromatic carbocycles. The fourth-order valence-electron chi connectivity index (χ4n) is 4.37. The summed E-state index contributed by atoms with van der Waals surface area (Å²) in [6.45, 7) is 4.26. The summed E-state index contributed by atoms with van der Waals surface area (Å²) in [6, 6.07) is 20.9. The van der Waals surface area contributed by atoms with Gasteiger partial charge < -0.3 is 9.47 Å². The van der Waals surface area contributed by atoms with E-state index in [2.05, 4.69) is 83.2 Å². The van der Waals surface area contributed by atoms with Crippen LogP contribution in [0.1, 0.15) is 42.8 Å². The Kier molecular flexibility index (Phi) is 8.19. The van der Waals surface area contributed by atoms with Gasteiger partial charge in [-0.3, -0.25) is 9.69 Å². The quantitative estimate of drug-likeness (QED) is 0.418. The van der Waals surface area contributed by atoms with E-state index >= 15 is 0 Å². The summed E-state index contributed by atoms with van der Waals surface area (Å²) in [5, 5.41) is 9.85. The SMILES string of the molecule is CC[C@H](c1nnc(SCC(=O)N2CC=C(c3ccccc3)CC2)n1Cc1ccccc1)N(C)C. The molecule has 0 unspecified atom stereocenters. The summed E-state index contributed by atoms with van der Waals surface area (Å²) < 4.78 is 2.17. The van der Waals surface area contributed by atoms with E-state index in [1.54, 1.807) is 0 Å². The average molecular weight is 476 g/mol. The third kappa shape index (κ3) is 5.77. The Labute approximate surface area is 206 Å². The van der Waals surface area contributed by atoms with Crippen molar-refractivity contribution in [3.63, 3.8) is 0 Å². The largest absolute Gasteiger partial charge is 0.338 e. The van der Waals surface area contributed by atoms with Crippen LogP contribution in [0.3, 0.4) is 0 Å². The Hall–Kier alpha value is -2.90. The minimum absolute atomic E-state index is 0.142. The van der Waals surface area contributed by atoms with E-state index in [-0.39, 0.29) is 11.9 Å². The molecule has 0 spiro atoms. The molecule has 6 nitrogen and oxygen atoms in total. The molecule has 0 N–H and O–H groups in total. The second kappa shape index (κ2) is 11.5. The summed E-state index contributed by atoms with van der Waals surface area (Å²) in [5.74, 6) is 1.45. The molecule has 3 aromatic rings. The number of aromatic nitrogens is 3. The maximum absolute atomic E-state index is 13.0. The van der Waals surface area contributed by atoms with E-state index < -0.39 is 0 Å². The van der Waals surface area contributed by atoms with Crippen LogP contribution >= 0.6 is 11.8 Å². The minimum Gasteiger partial charge on any atom is -0.338 e. The van der Waals surface area contributed by atoms with Gasteiger partial charge in [0.25, 0.3) is 0 Å². The number of rotatable bonds is 9. The summed E-state index contributed by atoms with van der Waals surface area (Å²) in [6.07, 6.45) is 4.00. The molecule has 0 bridgehead atoms. The van der Waals surface area contributed by atoms with Crippen LogP contribution in [0.15, 0.2) is 71.9 Å². The molecule has 0 fully saturated rings. The van der Waals surface area contributed by atoms with Gasteiger partial charge in [0.05, 0.1) is 18.3 Å². The number of amides is 1. The molecule has 7 heteroatoms. The normalized spacial score (nSPS) is 14.8. The highest BCUT2D eigenvalue weighted by atomic mass is 32.2. The van der Waals surface area contributed by atoms with E-state index in [0.29, 0.717) is 18.8 Å². The number of hydrogen-bond acceptors (Lipinski definition) is 5. The van der Waals surface area contributed by atoms with Crippen molar-refractivity contribution in [3.8, 4) is 0 Å². The summed E-state index contributed by atoms with van der Waals surface area (Å²) in [5.41, 5.74) is 3.76. The van der Waals surface area contributed by atoms with Crippen molar-refractivity contribution in [1.29, 1.82) is 0 Å². The molecule has 0 saturated carbocycles. The standard InChI is InChI=1S/C27H33N5OS/c1-4-24(30(2)3)26-28-29-27(32(26)19-21-11-7-5-8-12-21)34-20-25(33)31-17-15-23(16-18-31)22-13-9-6-10-14-22/h5-15,24H,4,16-20H2,1-3H3/t24-/m1/s1. The first-order chi connectivity index (χ1) is 16.6. The summed E-state index contributed by atoms with van der Waals surface area (Å²) >= 11 is 1.48. The first-order valence-electron chi connectivity index (χ1n) is 11.8. The maximum Gasteiger partial charge on any atom is 0.233 e. The fourth-order valence-corrected chi connectivity index (χ4v) is 5.22. The first-order valence-corrected chi connectivity index (χ1v) is 12.8. The van der Waals surface area contributed by atoms with Gasteiger partial charge in [0.15, 0.2) is 11.0 Å². The average Bonchev–Trinajstić information content (AvgIpc) is 3.26. The van der Waals surface area contributed by atoms with Crippen molar-refractivity contribution in [2.45, 2.75) is 37.5 Å². The van der Waals surface area contributed by atoms with Gasteiger partial charge in [-0.2, -0.15) is 0 Å². The van der Waals surface area contributed by atoms with Crippen molar-refractivity contribution >= 4 is 23.2 Å². The van der Waals surface area contributed by atoms with Crippen molar-refractivity contribution in [3.05, 3.63) is 83.7 Å². The lowest BCUT2D eigenvalue weighted by Gasteiger charge is -2.26. The molecule has 1 aromatic heterocycles. The van der Waals surface area contributed by atoms with Crippen molar-refractivity contribution in [1.82, 2.24) is 24.6 Å². The molecular formula is C27H33N5OS. The first kappa shape index (κ1) is 24.2. The molecule has 34 heavy (non-hydrogen) atoms. The highest BCUT2D eigenvalue weighted by Gasteiger charge is 2.24. The Balaban J connectivity index is 1.45. The van der Waals surface area contributed by atoms with Crippen LogP contribution < -0.4 is 0 Å². The van der Waals surface area contributed by atoms with Crippen molar-refractivity contribution in [2.75, 3.05) is 32.9 Å². The predicted molar refractivity (Wildman–Crippen MR) is 139 cm³/mol. The third-order valence-corrected chi connectivity index (χ3v) is 7.22. The topological polar surface area (TPSA) is 54.3 Å². The zero-order chi connectivity index (χ0) is 23.9. The molecule has 1 aliphatic rings. The number of nitrogens with zero attached hydrogens (tertiary/aromatic N) is 5. The van der Waals surface area contributed by atoms with Gasteiger partial charge in [-0.25, -0.2) is 0 Å². The second-order valence-electron chi connectivity index (χ2n) is 8.77. The van der Waals surface area contributed by atoms with Crippen molar-refractivity contribution in [2.24, 2.45) is 0 Å². The summed E-state index contributed by atoms with van der Waals surface area (Å²) in [4.78, 5) is 17.1. The van der Waals surface area contributed by atoms with E-state index in [4.69, 9.17) is 0 Å². The van der Waals surface area contributed by atoms with Gasteiger partial charge in [-0.15, -0.1) is 10.2 Å². The Morgan fingerprint density at radius 1 is 1.06 bits per heavy atom. The van der Waals surface area contributed by atoms with Gasteiger partial charge >= 0.3 is 0 Å². The van der Waals surface area contributed by atoms with Crippen LogP contribution in [0.4, 0.5) is 0 Å². The molecule has 4 rings (SSSR count). The van der Waals surface area contributed by atoms with Crippen LogP contribution in [0.25, 0.3) is 5.57 Å². The Morgan fingerprint density at radius 2 is 1.76 bits per heavy atom. The molecule has 2 heterocycles. The monoisotopic (exact) mass is 475 g/mol. The van der Waals surface area contributed by atoms with Crippen LogP contribution in [0.2, 0.25) is 0 Å². The lowest BCUT2D eigenvalue weighted by Crippen LogP contribution is -2.35. The zero-order valence-corrected chi connectivity index (χ0v) is 21.0. The van der Waals surface area contributed by atoms with E-state index in [1.165, 1.54) is 28.5 Å². The molecule has 0 aliphatic carbocycles. The molecule has 1 aliphatic heterocycles. The Bertz CT molecular complexity index is 1110. The summed E-state index contributed by atoms with van der Waals surface area (Å²) in [7, 11) is 4.14. The Morgan fingerprint density at radius 3 is 2.38 bits per heavy atom. The fraction of sp³-hybridized carbons (Fsp3) is 0.370. The lowest BCUT2D eigenvalue weighted by molar-refractivity contribution is -0.127. The minimum atomic E-state index is 0.142. The lowest BCUT2D eigenvalue weighted by atomic mass is 10.00. The number of carbonyl (C=O) groups is 1. The van der Waals surface area contributed by atoms with Gasteiger partial charge in [-0.1, -0.05) is 85.4 Å². The maximum atomic E-state index is 13.0. The van der Waals surface area contributed by atoms with Gasteiger partial charge in [0, 0.05) is 13.1 Å². The molecule has 1 atom stereocenters. The highest BCUT2D eigenvalue weighted by Crippen LogP contribution is 2.27. The van der Waals surface area contributed by atoms with Gasteiger partial charge in [-0.05, 0) is 43.6 Å². The van der Waals surface area contributed by atoms with Gasteiger partial charge in [0.1, 0.15) is 0 Å². The van der Waals surface area contributed by atoms with E-state index in [0.717, 1.165) is 30.4 Å². The van der Waals surface area contributed by atoms with Crippen LogP contribution in [-0.2, 0) is 11.3 Å². The van der Waals surface area contributed by atoms with E-state index in [9.17, 15) is 4.79 Å². The van der Waals surface area contributed by atoms with E-state index in [1.807, 2.05) is 29.2 Å². The third-order valence-electron chi connectivity index (χ3n) is 6.27.